The highest BCUT2D eigenvalue weighted by Gasteiger charge is 2.34. The minimum absolute atomic E-state index is 0.0974. The zero-order chi connectivity index (χ0) is 25.2. The van der Waals surface area contributed by atoms with Crippen LogP contribution in [0.2, 0.25) is 0 Å². The van der Waals surface area contributed by atoms with Gasteiger partial charge in [0.2, 0.25) is 5.91 Å². The van der Waals surface area contributed by atoms with Crippen LogP contribution in [0.1, 0.15) is 57.7 Å². The van der Waals surface area contributed by atoms with Gasteiger partial charge in [0.15, 0.2) is 0 Å². The normalized spacial score (nSPS) is 18.8. The number of nitrogens with zero attached hydrogens (tertiary/aromatic N) is 4. The molecule has 8 nitrogen and oxygen atoms in total. The van der Waals surface area contributed by atoms with Gasteiger partial charge in [-0.15, -0.1) is 0 Å². The average Bonchev–Trinajstić information content (AvgIpc) is 3.25. The predicted molar refractivity (Wildman–Crippen MR) is 135 cm³/mol. The molecule has 2 aromatic rings. The van der Waals surface area contributed by atoms with E-state index in [9.17, 15) is 9.59 Å². The summed E-state index contributed by atoms with van der Waals surface area (Å²) in [6.07, 6.45) is 8.66. The van der Waals surface area contributed by atoms with Crippen LogP contribution in [0.5, 0.6) is 5.75 Å². The molecular formula is C27H36N4O4. The first-order chi connectivity index (χ1) is 16.6. The fourth-order valence-electron chi connectivity index (χ4n) is 4.75. The number of rotatable bonds is 4. The van der Waals surface area contributed by atoms with E-state index in [4.69, 9.17) is 9.47 Å². The summed E-state index contributed by atoms with van der Waals surface area (Å²) in [4.78, 5) is 33.8. The Bertz CT molecular complexity index is 1110. The van der Waals surface area contributed by atoms with Crippen molar-refractivity contribution in [3.8, 4) is 11.4 Å². The monoisotopic (exact) mass is 480 g/mol. The van der Waals surface area contributed by atoms with Crippen LogP contribution in [-0.4, -0.2) is 69.7 Å². The van der Waals surface area contributed by atoms with Crippen LogP contribution in [0.25, 0.3) is 11.8 Å². The first-order valence-electron chi connectivity index (χ1n) is 12.3. The van der Waals surface area contributed by atoms with Crippen LogP contribution in [0.15, 0.2) is 36.3 Å². The highest BCUT2D eigenvalue weighted by molar-refractivity contribution is 5.98. The Labute approximate surface area is 207 Å². The van der Waals surface area contributed by atoms with Crippen LogP contribution in [0.3, 0.4) is 0 Å². The number of piperidine rings is 2. The Kier molecular flexibility index (Phi) is 7.19. The molecule has 2 saturated heterocycles. The van der Waals surface area contributed by atoms with Crippen molar-refractivity contribution in [3.05, 3.63) is 47.6 Å². The van der Waals surface area contributed by atoms with E-state index in [-0.39, 0.29) is 18.0 Å². The van der Waals surface area contributed by atoms with Crippen LogP contribution in [0.4, 0.5) is 4.79 Å². The van der Waals surface area contributed by atoms with Gasteiger partial charge in [0.1, 0.15) is 11.4 Å². The van der Waals surface area contributed by atoms with Crippen LogP contribution >= 0.6 is 0 Å². The number of imidazole rings is 1. The smallest absolute Gasteiger partial charge is 0.410 e. The quantitative estimate of drug-likeness (QED) is 0.598. The summed E-state index contributed by atoms with van der Waals surface area (Å²) >= 11 is 0. The summed E-state index contributed by atoms with van der Waals surface area (Å²) < 4.78 is 13.1. The van der Waals surface area contributed by atoms with Gasteiger partial charge < -0.3 is 23.8 Å². The second-order valence-corrected chi connectivity index (χ2v) is 10.3. The number of hydrogen-bond acceptors (Lipinski definition) is 5. The van der Waals surface area contributed by atoms with Crippen molar-refractivity contribution in [1.29, 1.82) is 0 Å². The molecule has 2 aliphatic rings. The lowest BCUT2D eigenvalue weighted by molar-refractivity contribution is -0.131. The zero-order valence-electron chi connectivity index (χ0n) is 21.4. The molecule has 0 N–H and O–H groups in total. The number of amides is 2. The van der Waals surface area contributed by atoms with Crippen molar-refractivity contribution in [3.63, 3.8) is 0 Å². The van der Waals surface area contributed by atoms with Crippen molar-refractivity contribution in [2.24, 2.45) is 0 Å². The molecule has 35 heavy (non-hydrogen) atoms. The molecule has 2 aliphatic heterocycles. The van der Waals surface area contributed by atoms with Crippen molar-refractivity contribution in [2.75, 3.05) is 26.7 Å². The second kappa shape index (κ2) is 10.1. The maximum Gasteiger partial charge on any atom is 0.410 e. The molecule has 2 fully saturated rings. The van der Waals surface area contributed by atoms with Gasteiger partial charge in [-0.05, 0) is 77.2 Å². The van der Waals surface area contributed by atoms with Crippen LogP contribution in [-0.2, 0) is 9.53 Å². The molecule has 0 spiro atoms. The molecule has 4 rings (SSSR count). The minimum Gasteiger partial charge on any atom is -0.495 e. The Balaban J connectivity index is 1.44. The van der Waals surface area contributed by atoms with E-state index in [1.54, 1.807) is 18.3 Å². The Morgan fingerprint density at radius 1 is 1.17 bits per heavy atom. The largest absolute Gasteiger partial charge is 0.495 e. The highest BCUT2D eigenvalue weighted by Crippen LogP contribution is 2.29. The number of carbonyl (C=O) groups excluding carboxylic acids is 2. The lowest BCUT2D eigenvalue weighted by atomic mass is 9.95. The number of methoxy groups -OCH3 is 1. The van der Waals surface area contributed by atoms with E-state index in [0.29, 0.717) is 13.1 Å². The van der Waals surface area contributed by atoms with E-state index in [2.05, 4.69) is 4.98 Å². The molecule has 1 aromatic heterocycles. The molecule has 0 unspecified atom stereocenters. The number of aromatic nitrogens is 2. The number of aryl methyl sites for hydroxylation is 1. The van der Waals surface area contributed by atoms with Crippen molar-refractivity contribution >= 4 is 18.1 Å². The fourth-order valence-corrected chi connectivity index (χ4v) is 4.75. The van der Waals surface area contributed by atoms with Gasteiger partial charge in [0.25, 0.3) is 0 Å². The average molecular weight is 481 g/mol. The molecular weight excluding hydrogens is 444 g/mol. The molecule has 2 amide bonds. The lowest BCUT2D eigenvalue weighted by Gasteiger charge is -2.40. The predicted octanol–water partition coefficient (Wildman–Crippen LogP) is 4.59. The zero-order valence-corrected chi connectivity index (χ0v) is 21.4. The molecule has 1 aromatic carbocycles. The summed E-state index contributed by atoms with van der Waals surface area (Å²) in [6.45, 7) is 9.54. The van der Waals surface area contributed by atoms with E-state index < -0.39 is 5.60 Å². The van der Waals surface area contributed by atoms with Gasteiger partial charge in [-0.25, -0.2) is 9.78 Å². The van der Waals surface area contributed by atoms with Gasteiger partial charge in [-0.2, -0.15) is 0 Å². The summed E-state index contributed by atoms with van der Waals surface area (Å²) in [5.74, 6) is 0.826. The first-order valence-corrected chi connectivity index (χ1v) is 12.3. The molecule has 188 valence electrons. The highest BCUT2D eigenvalue weighted by atomic mass is 16.6. The number of ether oxygens (including phenoxy) is 2. The van der Waals surface area contributed by atoms with Crippen LogP contribution < -0.4 is 4.74 Å². The first kappa shape index (κ1) is 24.8. The minimum atomic E-state index is -0.505. The lowest BCUT2D eigenvalue weighted by Crippen LogP contribution is -2.51. The van der Waals surface area contributed by atoms with E-state index >= 15 is 0 Å². The number of carbonyl (C=O) groups is 2. The van der Waals surface area contributed by atoms with Gasteiger partial charge in [-0.3, -0.25) is 4.79 Å². The standard InChI is InChI=1S/C27H36N4O4/c1-19-17-30(18-28-19)23-9-8-20(16-24(23)34-5)15-21-7-6-12-31(25(21)32)22-10-13-29(14-11-22)26(33)35-27(2,3)4/h8-9,15-18,22H,6-7,10-14H2,1-5H3/b21-15+. The molecule has 0 atom stereocenters. The second-order valence-electron chi connectivity index (χ2n) is 10.3. The molecule has 0 saturated carbocycles. The molecule has 3 heterocycles. The topological polar surface area (TPSA) is 76.9 Å². The van der Waals surface area contributed by atoms with E-state index in [1.807, 2.05) is 67.6 Å². The summed E-state index contributed by atoms with van der Waals surface area (Å²) in [6, 6.07) is 6.10. The molecule has 8 heteroatoms. The molecule has 0 radical (unpaired) electrons. The Hall–Kier alpha value is -3.29. The SMILES string of the molecule is COc1cc(/C=C2\CCCN(C3CCN(C(=O)OC(C)(C)C)CC3)C2=O)ccc1-n1cnc(C)c1. The number of benzene rings is 1. The maximum absolute atomic E-state index is 13.4. The van der Waals surface area contributed by atoms with Crippen molar-refractivity contribution < 1.29 is 19.1 Å². The van der Waals surface area contributed by atoms with Crippen LogP contribution in [0, 0.1) is 6.92 Å². The Morgan fingerprint density at radius 2 is 1.91 bits per heavy atom. The molecule has 0 aliphatic carbocycles. The van der Waals surface area contributed by atoms with Crippen molar-refractivity contribution in [2.45, 2.75) is 65.0 Å². The maximum atomic E-state index is 13.4. The number of hydrogen-bond donors (Lipinski definition) is 0. The van der Waals surface area contributed by atoms with Gasteiger partial charge >= 0.3 is 6.09 Å². The van der Waals surface area contributed by atoms with E-state index in [0.717, 1.165) is 60.5 Å². The molecule has 0 bridgehead atoms. The third-order valence-electron chi connectivity index (χ3n) is 6.47. The van der Waals surface area contributed by atoms with Gasteiger partial charge in [0.05, 0.1) is 24.8 Å². The van der Waals surface area contributed by atoms with E-state index in [1.165, 1.54) is 0 Å². The third-order valence-corrected chi connectivity index (χ3v) is 6.47. The van der Waals surface area contributed by atoms with Gasteiger partial charge in [-0.1, -0.05) is 6.07 Å². The number of likely N-dealkylation sites (tertiary alicyclic amines) is 2. The summed E-state index contributed by atoms with van der Waals surface area (Å²) in [7, 11) is 1.65. The fraction of sp³-hybridized carbons (Fsp3) is 0.519. The Morgan fingerprint density at radius 3 is 2.54 bits per heavy atom. The third kappa shape index (κ3) is 5.86. The van der Waals surface area contributed by atoms with Crippen molar-refractivity contribution in [1.82, 2.24) is 19.4 Å². The van der Waals surface area contributed by atoms with Gasteiger partial charge in [0, 0.05) is 37.4 Å². The summed E-state index contributed by atoms with van der Waals surface area (Å²) in [5, 5.41) is 0. The summed E-state index contributed by atoms with van der Waals surface area (Å²) in [5.41, 5.74) is 3.09.